The van der Waals surface area contributed by atoms with Crippen LogP contribution in [0.4, 0.5) is 20.6 Å². The predicted octanol–water partition coefficient (Wildman–Crippen LogP) is 3.52. The molecule has 5 nitrogen and oxygen atoms in total. The van der Waals surface area contributed by atoms with E-state index in [-0.39, 0.29) is 24.4 Å². The number of nitrogens with one attached hydrogen (secondary N) is 2. The van der Waals surface area contributed by atoms with Crippen molar-refractivity contribution in [2.75, 3.05) is 16.8 Å². The molecule has 2 aromatic rings. The molecular formula is C17H15BrFN3O2. The van der Waals surface area contributed by atoms with Gasteiger partial charge in [0.2, 0.25) is 5.91 Å². The number of hydrogen-bond acceptors (Lipinski definition) is 2. The highest BCUT2D eigenvalue weighted by atomic mass is 79.9. The maximum atomic E-state index is 13.3. The summed E-state index contributed by atoms with van der Waals surface area (Å²) < 4.78 is 14.2. The van der Waals surface area contributed by atoms with Gasteiger partial charge < -0.3 is 15.5 Å². The van der Waals surface area contributed by atoms with E-state index in [9.17, 15) is 14.0 Å². The second kappa shape index (κ2) is 7.00. The summed E-state index contributed by atoms with van der Waals surface area (Å²) in [6.07, 6.45) is 0.183. The van der Waals surface area contributed by atoms with Crippen molar-refractivity contribution in [2.45, 2.75) is 12.5 Å². The van der Waals surface area contributed by atoms with Crippen molar-refractivity contribution < 1.29 is 14.0 Å². The van der Waals surface area contributed by atoms with E-state index in [0.29, 0.717) is 17.9 Å². The lowest BCUT2D eigenvalue weighted by molar-refractivity contribution is -0.117. The summed E-state index contributed by atoms with van der Waals surface area (Å²) in [5.74, 6) is -0.544. The van der Waals surface area contributed by atoms with E-state index >= 15 is 0 Å². The van der Waals surface area contributed by atoms with Crippen molar-refractivity contribution in [3.05, 3.63) is 58.8 Å². The second-order valence-corrected chi connectivity index (χ2v) is 6.41. The fourth-order valence-electron chi connectivity index (χ4n) is 2.62. The Morgan fingerprint density at radius 3 is 2.75 bits per heavy atom. The van der Waals surface area contributed by atoms with Gasteiger partial charge in [-0.3, -0.25) is 4.79 Å². The zero-order chi connectivity index (χ0) is 17.1. The van der Waals surface area contributed by atoms with Gasteiger partial charge in [-0.2, -0.15) is 0 Å². The second-order valence-electron chi connectivity index (χ2n) is 5.49. The maximum Gasteiger partial charge on any atom is 0.319 e. The van der Waals surface area contributed by atoms with E-state index < -0.39 is 5.82 Å². The lowest BCUT2D eigenvalue weighted by atomic mass is 10.2. The van der Waals surface area contributed by atoms with Crippen molar-refractivity contribution in [3.8, 4) is 0 Å². The average Bonchev–Trinajstić information content (AvgIpc) is 2.87. The summed E-state index contributed by atoms with van der Waals surface area (Å²) in [5.41, 5.74) is 1.14. The molecule has 7 heteroatoms. The molecule has 3 amide bonds. The molecule has 24 heavy (non-hydrogen) atoms. The van der Waals surface area contributed by atoms with E-state index in [0.717, 1.165) is 4.47 Å². The highest BCUT2D eigenvalue weighted by Crippen LogP contribution is 2.22. The highest BCUT2D eigenvalue weighted by Gasteiger charge is 2.31. The van der Waals surface area contributed by atoms with Crippen molar-refractivity contribution in [3.63, 3.8) is 0 Å². The van der Waals surface area contributed by atoms with Crippen LogP contribution in [0.25, 0.3) is 0 Å². The molecule has 0 aromatic heterocycles. The molecule has 0 saturated carbocycles. The van der Waals surface area contributed by atoms with E-state index in [1.54, 1.807) is 24.3 Å². The number of nitrogens with zero attached hydrogens (tertiary/aromatic N) is 1. The Kier molecular flexibility index (Phi) is 4.80. The Balaban J connectivity index is 1.61. The third-order valence-corrected chi connectivity index (χ3v) is 4.16. The molecule has 1 atom stereocenters. The summed E-state index contributed by atoms with van der Waals surface area (Å²) in [7, 11) is 0. The molecule has 1 saturated heterocycles. The van der Waals surface area contributed by atoms with Crippen molar-refractivity contribution >= 4 is 39.2 Å². The zero-order valence-corrected chi connectivity index (χ0v) is 14.2. The standard InChI is InChI=1S/C17H15BrFN3O2/c18-11-3-1-5-13(7-11)20-17(24)21-14-9-16(23)22(10-14)15-6-2-4-12(19)8-15/h1-8,14H,9-10H2,(H2,20,21,24). The first-order chi connectivity index (χ1) is 11.5. The van der Waals surface area contributed by atoms with Gasteiger partial charge in [-0.25, -0.2) is 9.18 Å². The smallest absolute Gasteiger partial charge is 0.319 e. The first-order valence-corrected chi connectivity index (χ1v) is 8.19. The number of urea groups is 1. The molecule has 1 fully saturated rings. The SMILES string of the molecule is O=C(Nc1cccc(Br)c1)NC1CC(=O)N(c2cccc(F)c2)C1. The van der Waals surface area contributed by atoms with Gasteiger partial charge in [-0.05, 0) is 36.4 Å². The van der Waals surface area contributed by atoms with Crippen LogP contribution in [0.5, 0.6) is 0 Å². The van der Waals surface area contributed by atoms with Crippen LogP contribution in [-0.2, 0) is 4.79 Å². The first kappa shape index (κ1) is 16.4. The van der Waals surface area contributed by atoms with Crippen molar-refractivity contribution in [1.29, 1.82) is 0 Å². The van der Waals surface area contributed by atoms with Gasteiger partial charge in [0.15, 0.2) is 0 Å². The van der Waals surface area contributed by atoms with Crippen molar-refractivity contribution in [2.24, 2.45) is 0 Å². The van der Waals surface area contributed by atoms with Crippen LogP contribution in [-0.4, -0.2) is 24.5 Å². The molecule has 1 aliphatic rings. The molecule has 3 rings (SSSR count). The van der Waals surface area contributed by atoms with Gasteiger partial charge >= 0.3 is 6.03 Å². The number of hydrogen-bond donors (Lipinski definition) is 2. The molecule has 2 aromatic carbocycles. The molecule has 0 aliphatic carbocycles. The van der Waals surface area contributed by atoms with Gasteiger partial charge in [-0.15, -0.1) is 0 Å². The summed E-state index contributed by atoms with van der Waals surface area (Å²) in [5, 5.41) is 5.49. The number of amides is 3. The molecule has 0 radical (unpaired) electrons. The van der Waals surface area contributed by atoms with Crippen LogP contribution in [0.2, 0.25) is 0 Å². The summed E-state index contributed by atoms with van der Waals surface area (Å²) in [6.45, 7) is 0.314. The number of rotatable bonds is 3. The lowest BCUT2D eigenvalue weighted by Crippen LogP contribution is -2.39. The summed E-state index contributed by atoms with van der Waals surface area (Å²) in [6, 6.07) is 12.4. The fourth-order valence-corrected chi connectivity index (χ4v) is 3.02. The molecule has 1 unspecified atom stereocenters. The molecular weight excluding hydrogens is 377 g/mol. The van der Waals surface area contributed by atoms with Gasteiger partial charge in [0.25, 0.3) is 0 Å². The third-order valence-electron chi connectivity index (χ3n) is 3.66. The third kappa shape index (κ3) is 3.91. The normalized spacial score (nSPS) is 17.0. The quantitative estimate of drug-likeness (QED) is 0.840. The largest absolute Gasteiger partial charge is 0.333 e. The lowest BCUT2D eigenvalue weighted by Gasteiger charge is -2.17. The van der Waals surface area contributed by atoms with Gasteiger partial charge in [-0.1, -0.05) is 28.1 Å². The molecule has 0 bridgehead atoms. The summed E-state index contributed by atoms with van der Waals surface area (Å²) in [4.78, 5) is 25.6. The number of halogens is 2. The first-order valence-electron chi connectivity index (χ1n) is 7.40. The van der Waals surface area contributed by atoms with Gasteiger partial charge in [0.05, 0.1) is 6.04 Å². The molecule has 0 spiro atoms. The minimum Gasteiger partial charge on any atom is -0.333 e. The Hall–Kier alpha value is -2.41. The number of carbonyl (C=O) groups is 2. The van der Waals surface area contributed by atoms with E-state index in [2.05, 4.69) is 26.6 Å². The Bertz CT molecular complexity index is 784. The van der Waals surface area contributed by atoms with Gasteiger partial charge in [0, 0.05) is 28.8 Å². The Morgan fingerprint density at radius 1 is 1.21 bits per heavy atom. The molecule has 2 N–H and O–H groups in total. The minimum absolute atomic E-state index is 0.145. The van der Waals surface area contributed by atoms with Crippen molar-refractivity contribution in [1.82, 2.24) is 5.32 Å². The maximum absolute atomic E-state index is 13.3. The minimum atomic E-state index is -0.399. The summed E-state index contributed by atoms with van der Waals surface area (Å²) >= 11 is 3.33. The number of anilines is 2. The van der Waals surface area contributed by atoms with Crippen LogP contribution in [0, 0.1) is 5.82 Å². The molecule has 1 aliphatic heterocycles. The Morgan fingerprint density at radius 2 is 2.00 bits per heavy atom. The van der Waals surface area contributed by atoms with Crippen LogP contribution < -0.4 is 15.5 Å². The van der Waals surface area contributed by atoms with E-state index in [4.69, 9.17) is 0 Å². The van der Waals surface area contributed by atoms with Crippen LogP contribution in [0.1, 0.15) is 6.42 Å². The molecule has 124 valence electrons. The number of benzene rings is 2. The van der Waals surface area contributed by atoms with E-state index in [1.165, 1.54) is 17.0 Å². The topological polar surface area (TPSA) is 61.4 Å². The zero-order valence-electron chi connectivity index (χ0n) is 12.6. The number of carbonyl (C=O) groups excluding carboxylic acids is 2. The van der Waals surface area contributed by atoms with Crippen LogP contribution in [0.3, 0.4) is 0 Å². The van der Waals surface area contributed by atoms with Gasteiger partial charge in [0.1, 0.15) is 5.82 Å². The van der Waals surface area contributed by atoms with E-state index in [1.807, 2.05) is 12.1 Å². The average molecular weight is 392 g/mol. The van der Waals surface area contributed by atoms with Crippen LogP contribution >= 0.6 is 15.9 Å². The predicted molar refractivity (Wildman–Crippen MR) is 93.5 cm³/mol. The fraction of sp³-hybridized carbons (Fsp3) is 0.176. The van der Waals surface area contributed by atoms with Crippen LogP contribution in [0.15, 0.2) is 53.0 Å². The monoisotopic (exact) mass is 391 g/mol. The highest BCUT2D eigenvalue weighted by molar-refractivity contribution is 9.10. The molecule has 1 heterocycles. The Labute approximate surface area is 147 Å².